The predicted molar refractivity (Wildman–Crippen MR) is 52.3 cm³/mol. The van der Waals surface area contributed by atoms with Gasteiger partial charge in [0.05, 0.1) is 0 Å². The van der Waals surface area contributed by atoms with E-state index in [4.69, 9.17) is 4.74 Å². The van der Waals surface area contributed by atoms with Gasteiger partial charge in [0.1, 0.15) is 6.23 Å². The topological polar surface area (TPSA) is 21.3 Å². The van der Waals surface area contributed by atoms with E-state index in [2.05, 4.69) is 33.4 Å². The molecular weight excluding hydrogens is 218 g/mol. The number of halogens is 1. The molecule has 1 heterocycles. The highest BCUT2D eigenvalue weighted by atomic mass is 79.9. The molecule has 0 bridgehead atoms. The average molecular weight is 228 g/mol. The second-order valence-corrected chi connectivity index (χ2v) is 3.79. The summed E-state index contributed by atoms with van der Waals surface area (Å²) in [6.07, 6.45) is 1.10. The standard InChI is InChI=1S/C9H10BrNO/c1-12-9-5-6-4-7(10)2-3-8(6)11-9/h2-4,9,11H,5H2,1H3. The monoisotopic (exact) mass is 227 g/mol. The zero-order valence-electron chi connectivity index (χ0n) is 6.80. The molecule has 2 rings (SSSR count). The fraction of sp³-hybridized carbons (Fsp3) is 0.333. The van der Waals surface area contributed by atoms with Crippen molar-refractivity contribution in [3.8, 4) is 0 Å². The lowest BCUT2D eigenvalue weighted by Crippen LogP contribution is -2.16. The zero-order chi connectivity index (χ0) is 8.55. The van der Waals surface area contributed by atoms with E-state index in [1.807, 2.05) is 6.07 Å². The van der Waals surface area contributed by atoms with E-state index in [0.717, 1.165) is 10.9 Å². The smallest absolute Gasteiger partial charge is 0.131 e. The molecule has 0 aliphatic carbocycles. The lowest BCUT2D eigenvalue weighted by Gasteiger charge is -2.06. The molecule has 1 aromatic rings. The number of hydrogen-bond donors (Lipinski definition) is 1. The molecular formula is C9H10BrNO. The summed E-state index contributed by atoms with van der Waals surface area (Å²) in [7, 11) is 1.72. The van der Waals surface area contributed by atoms with Crippen LogP contribution >= 0.6 is 15.9 Å². The van der Waals surface area contributed by atoms with Crippen LogP contribution in [0, 0.1) is 0 Å². The average Bonchev–Trinajstić information content (AvgIpc) is 2.46. The van der Waals surface area contributed by atoms with Crippen molar-refractivity contribution in [1.29, 1.82) is 0 Å². The number of rotatable bonds is 1. The van der Waals surface area contributed by atoms with Crippen molar-refractivity contribution >= 4 is 21.6 Å². The second kappa shape index (κ2) is 3.07. The first-order chi connectivity index (χ1) is 5.79. The van der Waals surface area contributed by atoms with E-state index in [9.17, 15) is 0 Å². The molecule has 64 valence electrons. The van der Waals surface area contributed by atoms with E-state index in [1.54, 1.807) is 7.11 Å². The largest absolute Gasteiger partial charge is 0.361 e. The minimum absolute atomic E-state index is 0.147. The summed E-state index contributed by atoms with van der Waals surface area (Å²) < 4.78 is 6.33. The minimum Gasteiger partial charge on any atom is -0.361 e. The Balaban J connectivity index is 2.30. The molecule has 0 radical (unpaired) electrons. The number of hydrogen-bond acceptors (Lipinski definition) is 2. The number of nitrogens with one attached hydrogen (secondary N) is 1. The fourth-order valence-electron chi connectivity index (χ4n) is 1.44. The van der Waals surface area contributed by atoms with E-state index in [-0.39, 0.29) is 6.23 Å². The van der Waals surface area contributed by atoms with Crippen LogP contribution in [0.15, 0.2) is 22.7 Å². The maximum atomic E-state index is 5.21. The Labute approximate surface area is 80.1 Å². The van der Waals surface area contributed by atoms with Crippen LogP contribution in [0.5, 0.6) is 0 Å². The van der Waals surface area contributed by atoms with Gasteiger partial charge in [-0.15, -0.1) is 0 Å². The molecule has 0 aromatic heterocycles. The van der Waals surface area contributed by atoms with Gasteiger partial charge >= 0.3 is 0 Å². The molecule has 1 aromatic carbocycles. The summed E-state index contributed by atoms with van der Waals surface area (Å²) in [5, 5.41) is 3.27. The first-order valence-electron chi connectivity index (χ1n) is 3.87. The second-order valence-electron chi connectivity index (χ2n) is 2.87. The predicted octanol–water partition coefficient (Wildman–Crippen LogP) is 2.39. The third kappa shape index (κ3) is 1.34. The van der Waals surface area contributed by atoms with E-state index >= 15 is 0 Å². The van der Waals surface area contributed by atoms with Gasteiger partial charge in [0.2, 0.25) is 0 Å². The molecule has 1 aliphatic heterocycles. The van der Waals surface area contributed by atoms with Crippen LogP contribution in [-0.4, -0.2) is 13.3 Å². The minimum atomic E-state index is 0.147. The third-order valence-corrected chi connectivity index (χ3v) is 2.57. The van der Waals surface area contributed by atoms with Crippen LogP contribution in [-0.2, 0) is 11.2 Å². The highest BCUT2D eigenvalue weighted by molar-refractivity contribution is 9.10. The van der Waals surface area contributed by atoms with Crippen molar-refractivity contribution in [2.45, 2.75) is 12.6 Å². The number of methoxy groups -OCH3 is 1. The van der Waals surface area contributed by atoms with Gasteiger partial charge in [-0.1, -0.05) is 15.9 Å². The molecule has 3 heteroatoms. The van der Waals surface area contributed by atoms with Gasteiger partial charge in [-0.25, -0.2) is 0 Å². The van der Waals surface area contributed by atoms with Gasteiger partial charge in [0, 0.05) is 23.7 Å². The molecule has 1 N–H and O–H groups in total. The van der Waals surface area contributed by atoms with Gasteiger partial charge in [0.15, 0.2) is 0 Å². The quantitative estimate of drug-likeness (QED) is 0.796. The van der Waals surface area contributed by atoms with Crippen molar-refractivity contribution in [2.75, 3.05) is 12.4 Å². The first-order valence-corrected chi connectivity index (χ1v) is 4.66. The van der Waals surface area contributed by atoms with Crippen LogP contribution in [0.3, 0.4) is 0 Å². The fourth-order valence-corrected chi connectivity index (χ4v) is 1.85. The van der Waals surface area contributed by atoms with Gasteiger partial charge in [-0.05, 0) is 23.8 Å². The Morgan fingerprint density at radius 3 is 3.17 bits per heavy atom. The third-order valence-electron chi connectivity index (χ3n) is 2.07. The summed E-state index contributed by atoms with van der Waals surface area (Å²) in [4.78, 5) is 0. The van der Waals surface area contributed by atoms with E-state index in [0.29, 0.717) is 0 Å². The van der Waals surface area contributed by atoms with Crippen molar-refractivity contribution in [3.63, 3.8) is 0 Å². The van der Waals surface area contributed by atoms with Crippen molar-refractivity contribution in [2.24, 2.45) is 0 Å². The van der Waals surface area contributed by atoms with Crippen molar-refractivity contribution in [3.05, 3.63) is 28.2 Å². The maximum absolute atomic E-state index is 5.21. The normalized spacial score (nSPS) is 20.3. The lowest BCUT2D eigenvalue weighted by molar-refractivity contribution is 0.132. The van der Waals surface area contributed by atoms with E-state index in [1.165, 1.54) is 11.3 Å². The van der Waals surface area contributed by atoms with Gasteiger partial charge in [-0.3, -0.25) is 0 Å². The molecule has 0 fully saturated rings. The Morgan fingerprint density at radius 1 is 1.58 bits per heavy atom. The number of anilines is 1. The van der Waals surface area contributed by atoms with Crippen LogP contribution in [0.4, 0.5) is 5.69 Å². The molecule has 0 saturated heterocycles. The molecule has 0 saturated carbocycles. The van der Waals surface area contributed by atoms with Gasteiger partial charge in [0.25, 0.3) is 0 Å². The number of benzene rings is 1. The zero-order valence-corrected chi connectivity index (χ0v) is 8.39. The van der Waals surface area contributed by atoms with Crippen molar-refractivity contribution < 1.29 is 4.74 Å². The highest BCUT2D eigenvalue weighted by Gasteiger charge is 2.19. The highest BCUT2D eigenvalue weighted by Crippen LogP contribution is 2.28. The lowest BCUT2D eigenvalue weighted by atomic mass is 10.2. The maximum Gasteiger partial charge on any atom is 0.131 e. The first kappa shape index (κ1) is 8.08. The molecule has 0 amide bonds. The summed E-state index contributed by atoms with van der Waals surface area (Å²) in [5.74, 6) is 0. The van der Waals surface area contributed by atoms with Gasteiger partial charge < -0.3 is 10.1 Å². The summed E-state index contributed by atoms with van der Waals surface area (Å²) in [5.41, 5.74) is 2.50. The Morgan fingerprint density at radius 2 is 2.42 bits per heavy atom. The molecule has 0 spiro atoms. The number of ether oxygens (including phenoxy) is 1. The summed E-state index contributed by atoms with van der Waals surface area (Å²) in [6.45, 7) is 0. The molecule has 1 atom stereocenters. The van der Waals surface area contributed by atoms with E-state index < -0.39 is 0 Å². The van der Waals surface area contributed by atoms with Crippen molar-refractivity contribution in [1.82, 2.24) is 0 Å². The molecule has 12 heavy (non-hydrogen) atoms. The van der Waals surface area contributed by atoms with Gasteiger partial charge in [-0.2, -0.15) is 0 Å². The molecule has 1 unspecified atom stereocenters. The van der Waals surface area contributed by atoms with Crippen LogP contribution in [0.1, 0.15) is 5.56 Å². The Hall–Kier alpha value is -0.540. The Kier molecular flexibility index (Phi) is 2.07. The summed E-state index contributed by atoms with van der Waals surface area (Å²) in [6, 6.07) is 6.23. The molecule has 1 aliphatic rings. The molecule has 2 nitrogen and oxygen atoms in total. The number of fused-ring (bicyclic) bond motifs is 1. The van der Waals surface area contributed by atoms with Crippen LogP contribution in [0.25, 0.3) is 0 Å². The Bertz CT molecular complexity index is 301. The van der Waals surface area contributed by atoms with Crippen LogP contribution in [0.2, 0.25) is 0 Å². The van der Waals surface area contributed by atoms with Crippen LogP contribution < -0.4 is 5.32 Å². The summed E-state index contributed by atoms with van der Waals surface area (Å²) >= 11 is 3.44. The SMILES string of the molecule is COC1Cc2cc(Br)ccc2N1.